The van der Waals surface area contributed by atoms with Crippen LogP contribution in [0.5, 0.6) is 5.75 Å². The summed E-state index contributed by atoms with van der Waals surface area (Å²) in [6, 6.07) is 8.60. The first-order chi connectivity index (χ1) is 7.34. The first-order valence-electron chi connectivity index (χ1n) is 5.98. The molecule has 0 radical (unpaired) electrons. The smallest absolute Gasteiger partial charge is 0.122 e. The van der Waals surface area contributed by atoms with E-state index >= 15 is 0 Å². The maximum absolute atomic E-state index is 5.50. The van der Waals surface area contributed by atoms with Crippen LogP contribution in [0.25, 0.3) is 0 Å². The summed E-state index contributed by atoms with van der Waals surface area (Å²) in [5, 5.41) is 0. The standard InChI is InChI=1S/C14H18O/c1-15-13-5-3-2-4-12(13)14-8-6-11(10-14)7-9-14/h2-5,11H,6-10H2,1H3. The van der Waals surface area contributed by atoms with E-state index in [1.807, 2.05) is 0 Å². The normalized spacial score (nSPS) is 33.3. The third-order valence-electron chi connectivity index (χ3n) is 4.42. The summed E-state index contributed by atoms with van der Waals surface area (Å²) in [4.78, 5) is 0. The topological polar surface area (TPSA) is 9.23 Å². The Labute approximate surface area is 91.5 Å². The van der Waals surface area contributed by atoms with Crippen molar-refractivity contribution in [3.63, 3.8) is 0 Å². The van der Waals surface area contributed by atoms with Gasteiger partial charge in [0, 0.05) is 5.56 Å². The van der Waals surface area contributed by atoms with Crippen molar-refractivity contribution in [3.05, 3.63) is 29.8 Å². The molecule has 0 saturated heterocycles. The molecule has 2 aliphatic carbocycles. The molecule has 0 heterocycles. The van der Waals surface area contributed by atoms with Crippen molar-refractivity contribution in [3.8, 4) is 5.75 Å². The fraction of sp³-hybridized carbons (Fsp3) is 0.571. The third-order valence-corrected chi connectivity index (χ3v) is 4.42. The summed E-state index contributed by atoms with van der Waals surface area (Å²) >= 11 is 0. The molecule has 1 aromatic rings. The number of fused-ring (bicyclic) bond motifs is 2. The zero-order chi connectivity index (χ0) is 10.3. The number of hydrogen-bond acceptors (Lipinski definition) is 1. The monoisotopic (exact) mass is 202 g/mol. The SMILES string of the molecule is COc1ccccc1C12CCC(CC1)C2. The molecule has 15 heavy (non-hydrogen) atoms. The third kappa shape index (κ3) is 1.29. The zero-order valence-corrected chi connectivity index (χ0v) is 9.33. The van der Waals surface area contributed by atoms with Crippen molar-refractivity contribution in [2.75, 3.05) is 7.11 Å². The Kier molecular flexibility index (Phi) is 2.01. The lowest BCUT2D eigenvalue weighted by molar-refractivity contribution is 0.369. The Morgan fingerprint density at radius 3 is 2.53 bits per heavy atom. The van der Waals surface area contributed by atoms with Crippen molar-refractivity contribution in [2.24, 2.45) is 5.92 Å². The molecule has 0 amide bonds. The van der Waals surface area contributed by atoms with E-state index in [0.717, 1.165) is 11.7 Å². The van der Waals surface area contributed by atoms with Crippen LogP contribution in [-0.2, 0) is 5.41 Å². The Hall–Kier alpha value is -0.980. The van der Waals surface area contributed by atoms with Crippen LogP contribution in [0.4, 0.5) is 0 Å². The maximum atomic E-state index is 5.50. The highest BCUT2D eigenvalue weighted by Gasteiger charge is 2.46. The summed E-state index contributed by atoms with van der Waals surface area (Å²) in [6.07, 6.45) is 7.00. The highest BCUT2D eigenvalue weighted by Crippen LogP contribution is 2.56. The van der Waals surface area contributed by atoms with Crippen LogP contribution in [0.3, 0.4) is 0 Å². The van der Waals surface area contributed by atoms with Gasteiger partial charge in [-0.15, -0.1) is 0 Å². The first kappa shape index (κ1) is 9.26. The number of hydrogen-bond donors (Lipinski definition) is 0. The number of benzene rings is 1. The molecular weight excluding hydrogens is 184 g/mol. The van der Waals surface area contributed by atoms with Crippen LogP contribution in [0.15, 0.2) is 24.3 Å². The van der Waals surface area contributed by atoms with Crippen molar-refractivity contribution in [2.45, 2.75) is 37.5 Å². The summed E-state index contributed by atoms with van der Waals surface area (Å²) in [5.74, 6) is 2.09. The fourth-order valence-electron chi connectivity index (χ4n) is 3.65. The van der Waals surface area contributed by atoms with E-state index in [-0.39, 0.29) is 0 Å². The van der Waals surface area contributed by atoms with Gasteiger partial charge in [-0.2, -0.15) is 0 Å². The van der Waals surface area contributed by atoms with Gasteiger partial charge in [0.2, 0.25) is 0 Å². The number of ether oxygens (including phenoxy) is 1. The van der Waals surface area contributed by atoms with Gasteiger partial charge in [0.15, 0.2) is 0 Å². The minimum Gasteiger partial charge on any atom is -0.496 e. The zero-order valence-electron chi connectivity index (χ0n) is 9.33. The van der Waals surface area contributed by atoms with Gasteiger partial charge in [-0.3, -0.25) is 0 Å². The predicted molar refractivity (Wildman–Crippen MR) is 61.2 cm³/mol. The summed E-state index contributed by atoms with van der Waals surface area (Å²) in [5.41, 5.74) is 1.93. The Morgan fingerprint density at radius 2 is 1.93 bits per heavy atom. The molecule has 0 atom stereocenters. The van der Waals surface area contributed by atoms with E-state index in [0.29, 0.717) is 5.41 Å². The average Bonchev–Trinajstić information content (AvgIpc) is 2.90. The Balaban J connectivity index is 2.04. The highest BCUT2D eigenvalue weighted by molar-refractivity contribution is 5.41. The number of rotatable bonds is 2. The Morgan fingerprint density at radius 1 is 1.20 bits per heavy atom. The van der Waals surface area contributed by atoms with E-state index in [2.05, 4.69) is 24.3 Å². The molecular formula is C14H18O. The van der Waals surface area contributed by atoms with Gasteiger partial charge in [0.05, 0.1) is 7.11 Å². The molecule has 0 spiro atoms. The van der Waals surface area contributed by atoms with Gasteiger partial charge >= 0.3 is 0 Å². The van der Waals surface area contributed by atoms with Crippen LogP contribution in [0.2, 0.25) is 0 Å². The molecule has 0 aliphatic heterocycles. The average molecular weight is 202 g/mol. The van der Waals surface area contributed by atoms with Gasteiger partial charge in [-0.25, -0.2) is 0 Å². The van der Waals surface area contributed by atoms with Crippen molar-refractivity contribution < 1.29 is 4.74 Å². The molecule has 1 heteroatoms. The molecule has 1 nitrogen and oxygen atoms in total. The van der Waals surface area contributed by atoms with E-state index in [1.165, 1.54) is 37.7 Å². The van der Waals surface area contributed by atoms with Crippen LogP contribution in [-0.4, -0.2) is 7.11 Å². The second-order valence-corrected chi connectivity index (χ2v) is 5.13. The lowest BCUT2D eigenvalue weighted by Crippen LogP contribution is -2.20. The maximum Gasteiger partial charge on any atom is 0.122 e. The van der Waals surface area contributed by atoms with Gasteiger partial charge in [0.1, 0.15) is 5.75 Å². The molecule has 0 N–H and O–H groups in total. The van der Waals surface area contributed by atoms with Gasteiger partial charge < -0.3 is 4.74 Å². The van der Waals surface area contributed by atoms with Gasteiger partial charge in [0.25, 0.3) is 0 Å². The summed E-state index contributed by atoms with van der Waals surface area (Å²) < 4.78 is 5.50. The van der Waals surface area contributed by atoms with Crippen LogP contribution >= 0.6 is 0 Å². The van der Waals surface area contributed by atoms with Gasteiger partial charge in [-0.1, -0.05) is 18.2 Å². The molecule has 0 aromatic heterocycles. The lowest BCUT2D eigenvalue weighted by atomic mass is 9.77. The van der Waals surface area contributed by atoms with E-state index in [4.69, 9.17) is 4.74 Å². The van der Waals surface area contributed by atoms with Crippen LogP contribution in [0.1, 0.15) is 37.7 Å². The summed E-state index contributed by atoms with van der Waals surface area (Å²) in [6.45, 7) is 0. The van der Waals surface area contributed by atoms with Gasteiger partial charge in [-0.05, 0) is 49.5 Å². The molecule has 3 rings (SSSR count). The second-order valence-electron chi connectivity index (χ2n) is 5.13. The van der Waals surface area contributed by atoms with E-state index < -0.39 is 0 Å². The largest absolute Gasteiger partial charge is 0.496 e. The highest BCUT2D eigenvalue weighted by atomic mass is 16.5. The molecule has 1 aromatic carbocycles. The quantitative estimate of drug-likeness (QED) is 0.713. The van der Waals surface area contributed by atoms with E-state index in [1.54, 1.807) is 7.11 Å². The molecule has 2 bridgehead atoms. The van der Waals surface area contributed by atoms with Crippen molar-refractivity contribution in [1.29, 1.82) is 0 Å². The fourth-order valence-corrected chi connectivity index (χ4v) is 3.65. The Bertz CT molecular complexity index is 361. The predicted octanol–water partition coefficient (Wildman–Crippen LogP) is 3.53. The minimum absolute atomic E-state index is 0.470. The van der Waals surface area contributed by atoms with Crippen molar-refractivity contribution >= 4 is 0 Å². The van der Waals surface area contributed by atoms with Crippen LogP contribution in [0, 0.1) is 5.92 Å². The molecule has 2 fully saturated rings. The van der Waals surface area contributed by atoms with Crippen LogP contribution < -0.4 is 4.74 Å². The molecule has 0 unspecified atom stereocenters. The molecule has 80 valence electrons. The van der Waals surface area contributed by atoms with E-state index in [9.17, 15) is 0 Å². The lowest BCUT2D eigenvalue weighted by Gasteiger charge is -2.28. The molecule has 2 aliphatic rings. The molecule has 2 saturated carbocycles. The number of para-hydroxylation sites is 1. The first-order valence-corrected chi connectivity index (χ1v) is 5.98. The minimum atomic E-state index is 0.470. The second kappa shape index (κ2) is 3.26. The number of methoxy groups -OCH3 is 1. The summed E-state index contributed by atoms with van der Waals surface area (Å²) in [7, 11) is 1.79. The van der Waals surface area contributed by atoms with Crippen molar-refractivity contribution in [1.82, 2.24) is 0 Å².